The number of amides is 1. The Hall–Kier alpha value is -3.47. The van der Waals surface area contributed by atoms with Gasteiger partial charge in [0.05, 0.1) is 5.69 Å². The SMILES string of the molecule is O=C(CC(c1ccccc1)c1cnc2ccccn12)NCc1ccc(F)cc1. The van der Waals surface area contributed by atoms with Gasteiger partial charge in [-0.2, -0.15) is 0 Å². The fourth-order valence-electron chi connectivity index (χ4n) is 3.35. The van der Waals surface area contributed by atoms with Gasteiger partial charge >= 0.3 is 0 Å². The van der Waals surface area contributed by atoms with Crippen LogP contribution in [-0.4, -0.2) is 15.3 Å². The minimum atomic E-state index is -0.285. The number of imidazole rings is 1. The monoisotopic (exact) mass is 373 g/mol. The molecule has 2 aromatic carbocycles. The quantitative estimate of drug-likeness (QED) is 0.547. The molecule has 2 aromatic heterocycles. The number of carbonyl (C=O) groups excluding carboxylic acids is 1. The second-order valence-electron chi connectivity index (χ2n) is 6.68. The summed E-state index contributed by atoms with van der Waals surface area (Å²) in [6, 6.07) is 21.9. The van der Waals surface area contributed by atoms with Crippen LogP contribution in [0.3, 0.4) is 0 Å². The van der Waals surface area contributed by atoms with Crippen LogP contribution in [0.25, 0.3) is 5.65 Å². The van der Waals surface area contributed by atoms with E-state index < -0.39 is 0 Å². The molecule has 1 unspecified atom stereocenters. The number of rotatable bonds is 6. The van der Waals surface area contributed by atoms with Gasteiger partial charge in [0, 0.05) is 31.3 Å². The van der Waals surface area contributed by atoms with Crippen molar-refractivity contribution in [2.75, 3.05) is 0 Å². The third-order valence-electron chi connectivity index (χ3n) is 4.80. The first kappa shape index (κ1) is 17.9. The number of carbonyl (C=O) groups is 1. The maximum absolute atomic E-state index is 13.0. The predicted molar refractivity (Wildman–Crippen MR) is 106 cm³/mol. The van der Waals surface area contributed by atoms with Crippen molar-refractivity contribution >= 4 is 11.6 Å². The number of pyridine rings is 1. The predicted octanol–water partition coefficient (Wildman–Crippen LogP) is 4.31. The third-order valence-corrected chi connectivity index (χ3v) is 4.80. The molecular formula is C23H20FN3O. The summed E-state index contributed by atoms with van der Waals surface area (Å²) in [4.78, 5) is 17.2. The van der Waals surface area contributed by atoms with Crippen molar-refractivity contribution in [3.8, 4) is 0 Å². The maximum atomic E-state index is 13.0. The molecule has 5 heteroatoms. The van der Waals surface area contributed by atoms with Crippen LogP contribution in [0.4, 0.5) is 4.39 Å². The van der Waals surface area contributed by atoms with Gasteiger partial charge in [0.2, 0.25) is 5.91 Å². The molecule has 4 aromatic rings. The van der Waals surface area contributed by atoms with Gasteiger partial charge in [-0.1, -0.05) is 48.5 Å². The van der Waals surface area contributed by atoms with Crippen LogP contribution in [0, 0.1) is 5.82 Å². The summed E-state index contributed by atoms with van der Waals surface area (Å²) in [5.74, 6) is -0.470. The number of nitrogens with one attached hydrogen (secondary N) is 1. The lowest BCUT2D eigenvalue weighted by Crippen LogP contribution is -2.25. The molecule has 4 nitrogen and oxygen atoms in total. The van der Waals surface area contributed by atoms with Gasteiger partial charge in [0.1, 0.15) is 11.5 Å². The molecule has 0 aliphatic heterocycles. The number of hydrogen-bond acceptors (Lipinski definition) is 2. The van der Waals surface area contributed by atoms with Crippen molar-refractivity contribution in [3.05, 3.63) is 108 Å². The van der Waals surface area contributed by atoms with Gasteiger partial charge in [0.15, 0.2) is 0 Å². The molecule has 0 saturated carbocycles. The Morgan fingerprint density at radius 3 is 2.54 bits per heavy atom. The van der Waals surface area contributed by atoms with Crippen LogP contribution in [-0.2, 0) is 11.3 Å². The Morgan fingerprint density at radius 2 is 1.75 bits per heavy atom. The number of benzene rings is 2. The first-order chi connectivity index (χ1) is 13.7. The summed E-state index contributed by atoms with van der Waals surface area (Å²) in [7, 11) is 0. The normalized spacial score (nSPS) is 12.0. The van der Waals surface area contributed by atoms with Crippen molar-refractivity contribution in [3.63, 3.8) is 0 Å². The Kier molecular flexibility index (Phi) is 5.15. The fourth-order valence-corrected chi connectivity index (χ4v) is 3.35. The van der Waals surface area contributed by atoms with Crippen LogP contribution in [0.1, 0.15) is 29.2 Å². The highest BCUT2D eigenvalue weighted by atomic mass is 19.1. The summed E-state index contributed by atoms with van der Waals surface area (Å²) in [5.41, 5.74) is 3.75. The standard InChI is InChI=1S/C23H20FN3O/c24-19-11-9-17(10-12-19)15-26-23(28)14-20(18-6-2-1-3-7-18)21-16-25-22-8-4-5-13-27(21)22/h1-13,16,20H,14-15H2,(H,26,28). The highest BCUT2D eigenvalue weighted by molar-refractivity contribution is 5.77. The molecule has 0 bridgehead atoms. The maximum Gasteiger partial charge on any atom is 0.221 e. The van der Waals surface area contributed by atoms with E-state index in [1.54, 1.807) is 12.1 Å². The molecule has 28 heavy (non-hydrogen) atoms. The molecule has 1 atom stereocenters. The third kappa shape index (κ3) is 3.93. The molecule has 140 valence electrons. The Bertz CT molecular complexity index is 1070. The van der Waals surface area contributed by atoms with E-state index >= 15 is 0 Å². The van der Waals surface area contributed by atoms with Crippen LogP contribution >= 0.6 is 0 Å². The fraction of sp³-hybridized carbons (Fsp3) is 0.130. The average Bonchev–Trinajstić information content (AvgIpc) is 3.16. The topological polar surface area (TPSA) is 46.4 Å². The largest absolute Gasteiger partial charge is 0.352 e. The molecule has 0 fully saturated rings. The van der Waals surface area contributed by atoms with Crippen LogP contribution < -0.4 is 5.32 Å². The molecule has 2 heterocycles. The van der Waals surface area contributed by atoms with Gasteiger partial charge < -0.3 is 9.72 Å². The van der Waals surface area contributed by atoms with Gasteiger partial charge in [0.25, 0.3) is 0 Å². The highest BCUT2D eigenvalue weighted by Gasteiger charge is 2.21. The summed E-state index contributed by atoms with van der Waals surface area (Å²) in [6.45, 7) is 0.369. The Morgan fingerprint density at radius 1 is 1.00 bits per heavy atom. The molecule has 0 radical (unpaired) electrons. The smallest absolute Gasteiger partial charge is 0.221 e. The summed E-state index contributed by atoms with van der Waals surface area (Å²) < 4.78 is 15.1. The Labute approximate surface area is 162 Å². The molecule has 0 aliphatic rings. The van der Waals surface area contributed by atoms with E-state index in [2.05, 4.69) is 10.3 Å². The summed E-state index contributed by atoms with van der Waals surface area (Å²) >= 11 is 0. The van der Waals surface area contributed by atoms with Crippen LogP contribution in [0.15, 0.2) is 85.2 Å². The Balaban J connectivity index is 1.56. The first-order valence-electron chi connectivity index (χ1n) is 9.19. The molecule has 1 N–H and O–H groups in total. The second kappa shape index (κ2) is 8.05. The number of nitrogens with zero attached hydrogens (tertiary/aromatic N) is 2. The second-order valence-corrected chi connectivity index (χ2v) is 6.68. The van der Waals surface area contributed by atoms with Crippen molar-refractivity contribution in [1.29, 1.82) is 0 Å². The molecule has 0 saturated heterocycles. The van der Waals surface area contributed by atoms with E-state index in [9.17, 15) is 9.18 Å². The van der Waals surface area contributed by atoms with Crippen molar-refractivity contribution in [2.24, 2.45) is 0 Å². The van der Waals surface area contributed by atoms with Crippen LogP contribution in [0.2, 0.25) is 0 Å². The van der Waals surface area contributed by atoms with Crippen molar-refractivity contribution in [2.45, 2.75) is 18.9 Å². The summed E-state index contributed by atoms with van der Waals surface area (Å²) in [6.07, 6.45) is 4.10. The lowest BCUT2D eigenvalue weighted by Gasteiger charge is -2.17. The van der Waals surface area contributed by atoms with Gasteiger partial charge in [-0.05, 0) is 35.4 Å². The van der Waals surface area contributed by atoms with Crippen LogP contribution in [0.5, 0.6) is 0 Å². The van der Waals surface area contributed by atoms with Gasteiger partial charge in [-0.25, -0.2) is 9.37 Å². The van der Waals surface area contributed by atoms with E-state index in [-0.39, 0.29) is 17.6 Å². The zero-order valence-electron chi connectivity index (χ0n) is 15.3. The van der Waals surface area contributed by atoms with Crippen molar-refractivity contribution in [1.82, 2.24) is 14.7 Å². The number of aromatic nitrogens is 2. The average molecular weight is 373 g/mol. The molecule has 1 amide bonds. The van der Waals surface area contributed by atoms with Gasteiger partial charge in [-0.3, -0.25) is 4.79 Å². The summed E-state index contributed by atoms with van der Waals surface area (Å²) in [5, 5.41) is 2.94. The minimum absolute atomic E-state index is 0.0657. The molecule has 0 aliphatic carbocycles. The van der Waals surface area contributed by atoms with Crippen molar-refractivity contribution < 1.29 is 9.18 Å². The lowest BCUT2D eigenvalue weighted by molar-refractivity contribution is -0.121. The molecule has 4 rings (SSSR count). The zero-order chi connectivity index (χ0) is 19.3. The van der Waals surface area contributed by atoms with E-state index in [0.717, 1.165) is 22.5 Å². The highest BCUT2D eigenvalue weighted by Crippen LogP contribution is 2.28. The first-order valence-corrected chi connectivity index (χ1v) is 9.19. The zero-order valence-corrected chi connectivity index (χ0v) is 15.3. The number of halogens is 1. The van der Waals surface area contributed by atoms with Gasteiger partial charge in [-0.15, -0.1) is 0 Å². The van der Waals surface area contributed by atoms with E-state index in [4.69, 9.17) is 0 Å². The van der Waals surface area contributed by atoms with E-state index in [1.165, 1.54) is 12.1 Å². The van der Waals surface area contributed by atoms with E-state index in [1.807, 2.05) is 65.3 Å². The lowest BCUT2D eigenvalue weighted by atomic mass is 9.92. The minimum Gasteiger partial charge on any atom is -0.352 e. The molecular weight excluding hydrogens is 353 g/mol. The number of fused-ring (bicyclic) bond motifs is 1. The number of hydrogen-bond donors (Lipinski definition) is 1. The van der Waals surface area contributed by atoms with E-state index in [0.29, 0.717) is 13.0 Å². The molecule has 0 spiro atoms.